The van der Waals surface area contributed by atoms with E-state index < -0.39 is 0 Å². The molecular weight excluding hydrogens is 337 g/mol. The molecule has 1 atom stereocenters. The van der Waals surface area contributed by atoms with E-state index >= 15 is 0 Å². The molecular formula is C19H14FN3OS. The number of nitrogens with zero attached hydrogens (tertiary/aromatic N) is 3. The first kappa shape index (κ1) is 16.9. The fourth-order valence-electron chi connectivity index (χ4n) is 2.28. The zero-order valence-electron chi connectivity index (χ0n) is 13.4. The Morgan fingerprint density at radius 2 is 1.88 bits per heavy atom. The first-order valence-corrected chi connectivity index (χ1v) is 8.48. The van der Waals surface area contributed by atoms with E-state index in [0.29, 0.717) is 10.9 Å². The van der Waals surface area contributed by atoms with Gasteiger partial charge >= 0.3 is 0 Å². The summed E-state index contributed by atoms with van der Waals surface area (Å²) in [5.41, 5.74) is 1.65. The topological polar surface area (TPSA) is 56.5 Å². The molecule has 1 amide bonds. The van der Waals surface area contributed by atoms with Gasteiger partial charge in [0.2, 0.25) is 0 Å². The van der Waals surface area contributed by atoms with Crippen molar-refractivity contribution in [3.63, 3.8) is 0 Å². The third-order valence-corrected chi connectivity index (χ3v) is 4.43. The van der Waals surface area contributed by atoms with Gasteiger partial charge in [0.1, 0.15) is 11.5 Å². The maximum Gasteiger partial charge on any atom is 0.283 e. The number of rotatable bonds is 3. The average molecular weight is 351 g/mol. The number of hydrogen-bond acceptors (Lipinski definition) is 4. The zero-order chi connectivity index (χ0) is 17.8. The van der Waals surface area contributed by atoms with Crippen LogP contribution in [0.25, 0.3) is 6.08 Å². The van der Waals surface area contributed by atoms with Crippen molar-refractivity contribution >= 4 is 34.6 Å². The van der Waals surface area contributed by atoms with Crippen molar-refractivity contribution in [1.82, 2.24) is 0 Å². The summed E-state index contributed by atoms with van der Waals surface area (Å²) in [6.07, 6.45) is 1.70. The van der Waals surface area contributed by atoms with Gasteiger partial charge in [0, 0.05) is 0 Å². The number of halogens is 1. The van der Waals surface area contributed by atoms with Gasteiger partial charge in [-0.2, -0.15) is 5.26 Å². The van der Waals surface area contributed by atoms with Crippen LogP contribution in [-0.2, 0) is 4.79 Å². The summed E-state index contributed by atoms with van der Waals surface area (Å²) >= 11 is 1.19. The summed E-state index contributed by atoms with van der Waals surface area (Å²) in [5.74, 6) is -0.685. The number of amidine groups is 1. The van der Waals surface area contributed by atoms with Crippen molar-refractivity contribution < 1.29 is 9.18 Å². The minimum atomic E-state index is -0.382. The van der Waals surface area contributed by atoms with Crippen LogP contribution in [0.5, 0.6) is 0 Å². The molecule has 2 aromatic carbocycles. The number of aliphatic imine (C=N–C) groups is 1. The van der Waals surface area contributed by atoms with E-state index in [1.165, 1.54) is 40.9 Å². The summed E-state index contributed by atoms with van der Waals surface area (Å²) in [5, 5.41) is 9.10. The largest absolute Gasteiger partial charge is 0.283 e. The number of carbonyl (C=O) groups excluding carboxylic acids is 1. The second-order valence-corrected chi connectivity index (χ2v) is 6.65. The number of benzene rings is 2. The van der Waals surface area contributed by atoms with E-state index in [0.717, 1.165) is 5.56 Å². The fourth-order valence-corrected chi connectivity index (χ4v) is 3.10. The van der Waals surface area contributed by atoms with E-state index in [1.54, 1.807) is 13.0 Å². The molecule has 0 fully saturated rings. The number of carbonyl (C=O) groups is 1. The summed E-state index contributed by atoms with van der Waals surface area (Å²) in [6, 6.07) is 17.1. The third kappa shape index (κ3) is 3.78. The highest BCUT2D eigenvalue weighted by Crippen LogP contribution is 2.31. The first-order valence-electron chi connectivity index (χ1n) is 7.60. The van der Waals surface area contributed by atoms with E-state index in [1.807, 2.05) is 30.3 Å². The lowest BCUT2D eigenvalue weighted by Crippen LogP contribution is -2.31. The van der Waals surface area contributed by atoms with Crippen LogP contribution >= 0.6 is 11.8 Å². The van der Waals surface area contributed by atoms with Crippen LogP contribution in [-0.4, -0.2) is 16.3 Å². The molecule has 124 valence electrons. The maximum atomic E-state index is 13.2. The minimum Gasteiger partial charge on any atom is -0.266 e. The molecule has 0 N–H and O–H groups in total. The highest BCUT2D eigenvalue weighted by Gasteiger charge is 2.33. The molecule has 3 rings (SSSR count). The van der Waals surface area contributed by atoms with Crippen LogP contribution in [0.4, 0.5) is 10.1 Å². The Bertz CT molecular complexity index is 885. The number of thioether (sulfide) groups is 1. The Kier molecular flexibility index (Phi) is 4.96. The third-order valence-electron chi connectivity index (χ3n) is 3.48. The zero-order valence-corrected chi connectivity index (χ0v) is 14.2. The van der Waals surface area contributed by atoms with E-state index in [2.05, 4.69) is 11.1 Å². The van der Waals surface area contributed by atoms with Gasteiger partial charge in [0.15, 0.2) is 5.17 Å². The lowest BCUT2D eigenvalue weighted by molar-refractivity contribution is -0.113. The summed E-state index contributed by atoms with van der Waals surface area (Å²) in [4.78, 5) is 18.6. The lowest BCUT2D eigenvalue weighted by Gasteiger charge is -2.18. The highest BCUT2D eigenvalue weighted by molar-refractivity contribution is 8.15. The maximum absolute atomic E-state index is 13.2. The van der Waals surface area contributed by atoms with Crippen LogP contribution < -0.4 is 4.90 Å². The smallest absolute Gasteiger partial charge is 0.266 e. The Labute approximate surface area is 149 Å². The monoisotopic (exact) mass is 351 g/mol. The molecule has 0 bridgehead atoms. The van der Waals surface area contributed by atoms with Gasteiger partial charge in [0.05, 0.1) is 17.0 Å². The van der Waals surface area contributed by atoms with E-state index in [4.69, 9.17) is 5.26 Å². The van der Waals surface area contributed by atoms with Crippen molar-refractivity contribution in [2.24, 2.45) is 4.99 Å². The average Bonchev–Trinajstić information content (AvgIpc) is 2.92. The van der Waals surface area contributed by atoms with Gasteiger partial charge in [0.25, 0.3) is 5.91 Å². The second-order valence-electron chi connectivity index (χ2n) is 5.34. The fraction of sp³-hybridized carbons (Fsp3) is 0.105. The van der Waals surface area contributed by atoms with Crippen LogP contribution in [0.2, 0.25) is 0 Å². The lowest BCUT2D eigenvalue weighted by atomic mass is 10.2. The predicted octanol–water partition coefficient (Wildman–Crippen LogP) is 4.21. The quantitative estimate of drug-likeness (QED) is 0.778. The van der Waals surface area contributed by atoms with Crippen molar-refractivity contribution in [2.75, 3.05) is 4.90 Å². The van der Waals surface area contributed by atoms with Crippen molar-refractivity contribution in [1.29, 1.82) is 5.26 Å². The van der Waals surface area contributed by atoms with Crippen molar-refractivity contribution in [2.45, 2.75) is 12.2 Å². The predicted molar refractivity (Wildman–Crippen MR) is 98.4 cm³/mol. The molecule has 0 spiro atoms. The van der Waals surface area contributed by atoms with Crippen molar-refractivity contribution in [3.05, 3.63) is 71.7 Å². The van der Waals surface area contributed by atoms with E-state index in [9.17, 15) is 9.18 Å². The van der Waals surface area contributed by atoms with E-state index in [-0.39, 0.29) is 22.7 Å². The number of nitriles is 1. The molecule has 6 heteroatoms. The molecule has 2 aromatic rings. The summed E-state index contributed by atoms with van der Waals surface area (Å²) in [7, 11) is 0. The van der Waals surface area contributed by atoms with Gasteiger partial charge in [-0.15, -0.1) is 0 Å². The molecule has 0 saturated carbocycles. The normalized spacial score (nSPS) is 16.7. The Morgan fingerprint density at radius 1 is 1.20 bits per heavy atom. The van der Waals surface area contributed by atoms with Gasteiger partial charge in [-0.05, 0) is 42.8 Å². The Balaban J connectivity index is 2.00. The molecule has 1 aliphatic heterocycles. The van der Waals surface area contributed by atoms with Gasteiger partial charge in [-0.25, -0.2) is 9.38 Å². The number of anilines is 1. The van der Waals surface area contributed by atoms with Crippen LogP contribution in [0.3, 0.4) is 0 Å². The van der Waals surface area contributed by atoms with Crippen LogP contribution in [0.1, 0.15) is 12.5 Å². The second kappa shape index (κ2) is 7.32. The number of amides is 1. The first-order chi connectivity index (χ1) is 12.1. The molecule has 0 radical (unpaired) electrons. The number of hydrogen-bond donors (Lipinski definition) is 0. The van der Waals surface area contributed by atoms with Crippen LogP contribution in [0.15, 0.2) is 65.3 Å². The molecule has 1 unspecified atom stereocenters. The molecule has 4 nitrogen and oxygen atoms in total. The molecule has 0 aliphatic carbocycles. The Hall–Kier alpha value is -2.91. The molecule has 0 aromatic heterocycles. The summed E-state index contributed by atoms with van der Waals surface area (Å²) in [6.45, 7) is 1.74. The molecule has 0 saturated heterocycles. The molecule has 25 heavy (non-hydrogen) atoms. The summed E-state index contributed by atoms with van der Waals surface area (Å²) < 4.78 is 13.2. The van der Waals surface area contributed by atoms with Gasteiger partial charge in [-0.3, -0.25) is 9.69 Å². The molecule has 1 aliphatic rings. The highest BCUT2D eigenvalue weighted by atomic mass is 32.2. The van der Waals surface area contributed by atoms with Gasteiger partial charge in [-0.1, -0.05) is 42.1 Å². The SMILES string of the molecule is CC(C#N)SC1=N/C(=C\c2ccccc2)C(=O)N1c1ccc(F)cc1. The standard InChI is InChI=1S/C19H14FN3OS/c1-13(12-21)25-19-22-17(11-14-5-3-2-4-6-14)18(24)23(19)16-9-7-15(20)8-10-16/h2-11,13H,1H3/b17-11-. The Morgan fingerprint density at radius 3 is 2.52 bits per heavy atom. The minimum absolute atomic E-state index is 0.281. The molecule has 1 heterocycles. The van der Waals surface area contributed by atoms with Gasteiger partial charge < -0.3 is 0 Å². The van der Waals surface area contributed by atoms with Crippen molar-refractivity contribution in [3.8, 4) is 6.07 Å². The van der Waals surface area contributed by atoms with Crippen LogP contribution in [0, 0.1) is 17.1 Å².